The van der Waals surface area contributed by atoms with E-state index < -0.39 is 6.04 Å². The Kier molecular flexibility index (Phi) is 4.87. The fourth-order valence-electron chi connectivity index (χ4n) is 3.71. The van der Waals surface area contributed by atoms with Gasteiger partial charge in [0.05, 0.1) is 18.2 Å². The topological polar surface area (TPSA) is 86.7 Å². The first kappa shape index (κ1) is 18.2. The lowest BCUT2D eigenvalue weighted by molar-refractivity contribution is -0.123. The Morgan fingerprint density at radius 3 is 2.25 bits per heavy atom. The minimum absolute atomic E-state index is 0.0521. The normalized spacial score (nSPS) is 20.7. The zero-order valence-corrected chi connectivity index (χ0v) is 15.6. The lowest BCUT2D eigenvalue weighted by Gasteiger charge is -2.36. The van der Waals surface area contributed by atoms with E-state index in [4.69, 9.17) is 0 Å². The van der Waals surface area contributed by atoms with Crippen molar-refractivity contribution in [1.82, 2.24) is 14.9 Å². The van der Waals surface area contributed by atoms with Crippen LogP contribution >= 0.6 is 0 Å². The van der Waals surface area contributed by atoms with Gasteiger partial charge < -0.3 is 4.90 Å². The number of hydrogen-bond acceptors (Lipinski definition) is 7. The molecule has 0 N–H and O–H groups in total. The van der Waals surface area contributed by atoms with Crippen LogP contribution in [0.2, 0.25) is 0 Å². The third kappa shape index (κ3) is 3.38. The second kappa shape index (κ2) is 7.47. The van der Waals surface area contributed by atoms with Crippen LogP contribution in [-0.4, -0.2) is 64.7 Å². The van der Waals surface area contributed by atoms with Crippen molar-refractivity contribution in [1.29, 1.82) is 0 Å². The Balaban J connectivity index is 1.44. The lowest BCUT2D eigenvalue weighted by Crippen LogP contribution is -2.53. The van der Waals surface area contributed by atoms with E-state index in [9.17, 15) is 14.4 Å². The quantitative estimate of drug-likeness (QED) is 0.581. The molecule has 2 aromatic rings. The Morgan fingerprint density at radius 1 is 1.00 bits per heavy atom. The first-order chi connectivity index (χ1) is 13.5. The number of benzene rings is 1. The van der Waals surface area contributed by atoms with Gasteiger partial charge in [-0.25, -0.2) is 14.9 Å². The van der Waals surface area contributed by atoms with Crippen molar-refractivity contribution in [3.05, 3.63) is 48.3 Å². The van der Waals surface area contributed by atoms with Gasteiger partial charge in [-0.15, -0.1) is 0 Å². The van der Waals surface area contributed by atoms with Crippen LogP contribution < -0.4 is 9.80 Å². The summed E-state index contributed by atoms with van der Waals surface area (Å²) >= 11 is 0. The molecule has 2 aliphatic rings. The van der Waals surface area contributed by atoms with Crippen molar-refractivity contribution >= 4 is 29.2 Å². The minimum Gasteiger partial charge on any atom is -0.338 e. The van der Waals surface area contributed by atoms with Gasteiger partial charge in [-0.2, -0.15) is 0 Å². The fourth-order valence-corrected chi connectivity index (χ4v) is 3.71. The molecule has 4 rings (SSSR count). The van der Waals surface area contributed by atoms with Crippen LogP contribution in [0.1, 0.15) is 23.7 Å². The van der Waals surface area contributed by atoms with Gasteiger partial charge in [0.1, 0.15) is 0 Å². The highest BCUT2D eigenvalue weighted by Gasteiger charge is 2.43. The molecule has 2 aliphatic heterocycles. The predicted molar refractivity (Wildman–Crippen MR) is 103 cm³/mol. The van der Waals surface area contributed by atoms with E-state index in [-0.39, 0.29) is 24.0 Å². The highest BCUT2D eigenvalue weighted by Crippen LogP contribution is 2.27. The van der Waals surface area contributed by atoms with Crippen molar-refractivity contribution < 1.29 is 14.4 Å². The van der Waals surface area contributed by atoms with Crippen LogP contribution in [0.5, 0.6) is 0 Å². The summed E-state index contributed by atoms with van der Waals surface area (Å²) in [5.74, 6) is 0.219. The second-order valence-electron chi connectivity index (χ2n) is 6.96. The summed E-state index contributed by atoms with van der Waals surface area (Å²) in [4.78, 5) is 50.8. The van der Waals surface area contributed by atoms with Gasteiger partial charge in [0.25, 0.3) is 5.91 Å². The number of amides is 2. The molecule has 2 saturated heterocycles. The predicted octanol–water partition coefficient (Wildman–Crippen LogP) is 1.13. The van der Waals surface area contributed by atoms with Gasteiger partial charge >= 0.3 is 0 Å². The standard InChI is InChI=1S/C20H21N5O3/c1-14(26)15-3-5-16(6-4-15)25-18(27)13-17(19(25)28)23-9-11-24(12-10-23)20-21-7-2-8-22-20/h2-8,17H,9-13H2,1H3/t17-/m1/s1. The summed E-state index contributed by atoms with van der Waals surface area (Å²) in [6, 6.07) is 7.92. The molecule has 2 fully saturated rings. The Hall–Kier alpha value is -3.13. The summed E-state index contributed by atoms with van der Waals surface area (Å²) in [5.41, 5.74) is 1.07. The van der Waals surface area contributed by atoms with E-state index in [0.29, 0.717) is 43.4 Å². The molecular formula is C20H21N5O3. The van der Waals surface area contributed by atoms with Gasteiger partial charge in [-0.1, -0.05) is 0 Å². The second-order valence-corrected chi connectivity index (χ2v) is 6.96. The molecule has 2 amide bonds. The van der Waals surface area contributed by atoms with Crippen molar-refractivity contribution in [3.8, 4) is 0 Å². The van der Waals surface area contributed by atoms with E-state index in [2.05, 4.69) is 19.8 Å². The third-order valence-electron chi connectivity index (χ3n) is 5.24. The van der Waals surface area contributed by atoms with E-state index in [1.54, 1.807) is 42.7 Å². The molecule has 0 unspecified atom stereocenters. The van der Waals surface area contributed by atoms with Crippen molar-refractivity contribution in [2.45, 2.75) is 19.4 Å². The van der Waals surface area contributed by atoms with Gasteiger partial charge in [0.2, 0.25) is 11.9 Å². The number of hydrogen-bond donors (Lipinski definition) is 0. The van der Waals surface area contributed by atoms with Crippen LogP contribution in [-0.2, 0) is 9.59 Å². The van der Waals surface area contributed by atoms with E-state index in [0.717, 1.165) is 0 Å². The molecule has 0 aliphatic carbocycles. The van der Waals surface area contributed by atoms with Gasteiger partial charge in [0.15, 0.2) is 5.78 Å². The maximum Gasteiger partial charge on any atom is 0.251 e. The molecule has 1 aromatic carbocycles. The molecule has 8 heteroatoms. The number of anilines is 2. The van der Waals surface area contributed by atoms with Crippen molar-refractivity contribution in [2.75, 3.05) is 36.0 Å². The molecule has 28 heavy (non-hydrogen) atoms. The number of carbonyl (C=O) groups excluding carboxylic acids is 3. The lowest BCUT2D eigenvalue weighted by atomic mass is 10.1. The molecule has 1 atom stereocenters. The third-order valence-corrected chi connectivity index (χ3v) is 5.24. The Labute approximate surface area is 162 Å². The number of nitrogens with zero attached hydrogens (tertiary/aromatic N) is 5. The highest BCUT2D eigenvalue weighted by molar-refractivity contribution is 6.22. The molecule has 0 bridgehead atoms. The number of imide groups is 1. The van der Waals surface area contributed by atoms with E-state index in [1.165, 1.54) is 11.8 Å². The van der Waals surface area contributed by atoms with Gasteiger partial charge in [-0.3, -0.25) is 19.3 Å². The summed E-state index contributed by atoms with van der Waals surface area (Å²) in [7, 11) is 0. The zero-order valence-electron chi connectivity index (χ0n) is 15.6. The average molecular weight is 379 g/mol. The molecule has 0 saturated carbocycles. The number of Topliss-reactive ketones (excluding diaryl/α,β-unsaturated/α-hetero) is 1. The van der Waals surface area contributed by atoms with Crippen LogP contribution in [0.3, 0.4) is 0 Å². The molecular weight excluding hydrogens is 358 g/mol. The SMILES string of the molecule is CC(=O)c1ccc(N2C(=O)C[C@@H](N3CCN(c4ncccn4)CC3)C2=O)cc1. The van der Waals surface area contributed by atoms with Gasteiger partial charge in [-0.05, 0) is 37.3 Å². The number of aromatic nitrogens is 2. The summed E-state index contributed by atoms with van der Waals surface area (Å²) in [5, 5.41) is 0. The average Bonchev–Trinajstić information content (AvgIpc) is 3.03. The maximum absolute atomic E-state index is 12.9. The maximum atomic E-state index is 12.9. The van der Waals surface area contributed by atoms with Crippen molar-refractivity contribution in [3.63, 3.8) is 0 Å². The smallest absolute Gasteiger partial charge is 0.251 e. The first-order valence-corrected chi connectivity index (χ1v) is 9.28. The zero-order chi connectivity index (χ0) is 19.7. The summed E-state index contributed by atoms with van der Waals surface area (Å²) in [6.45, 7) is 4.22. The molecule has 144 valence electrons. The number of carbonyl (C=O) groups is 3. The Bertz CT molecular complexity index is 892. The first-order valence-electron chi connectivity index (χ1n) is 9.28. The molecule has 8 nitrogen and oxygen atoms in total. The van der Waals surface area contributed by atoms with Crippen molar-refractivity contribution in [2.24, 2.45) is 0 Å². The summed E-state index contributed by atoms with van der Waals surface area (Å²) < 4.78 is 0. The molecule has 0 spiro atoms. The molecule has 1 aromatic heterocycles. The van der Waals surface area contributed by atoms with Crippen LogP contribution in [0.4, 0.5) is 11.6 Å². The molecule has 3 heterocycles. The van der Waals surface area contributed by atoms with E-state index >= 15 is 0 Å². The Morgan fingerprint density at radius 2 is 1.64 bits per heavy atom. The van der Waals surface area contributed by atoms with Crippen LogP contribution in [0.15, 0.2) is 42.7 Å². The number of piperazine rings is 1. The minimum atomic E-state index is -0.446. The largest absolute Gasteiger partial charge is 0.338 e. The van der Waals surface area contributed by atoms with Crippen LogP contribution in [0, 0.1) is 0 Å². The summed E-state index contributed by atoms with van der Waals surface area (Å²) in [6.07, 6.45) is 3.60. The highest BCUT2D eigenvalue weighted by atomic mass is 16.2. The number of rotatable bonds is 4. The van der Waals surface area contributed by atoms with Crippen LogP contribution in [0.25, 0.3) is 0 Å². The monoisotopic (exact) mass is 379 g/mol. The molecule has 0 radical (unpaired) electrons. The van der Waals surface area contributed by atoms with E-state index in [1.807, 2.05) is 0 Å². The van der Waals surface area contributed by atoms with Gasteiger partial charge in [0, 0.05) is 44.1 Å². The fraction of sp³-hybridized carbons (Fsp3) is 0.350. The number of ketones is 1.